The minimum absolute atomic E-state index is 0.183. The van der Waals surface area contributed by atoms with Crippen molar-refractivity contribution in [3.8, 4) is 5.95 Å². The zero-order chi connectivity index (χ0) is 14.4. The van der Waals surface area contributed by atoms with Crippen LogP contribution in [0.4, 0.5) is 11.9 Å². The Hall–Kier alpha value is -2.22. The molecule has 21 heavy (non-hydrogen) atoms. The molecule has 2 aromatic heterocycles. The lowest BCUT2D eigenvalue weighted by molar-refractivity contribution is 0.133. The SMILES string of the molecule is Nc1nc(N2CC3CCC(O)C3C2)nc(-n2cccn2)n1. The first-order valence-electron chi connectivity index (χ1n) is 7.15. The largest absolute Gasteiger partial charge is 0.393 e. The van der Waals surface area contributed by atoms with Gasteiger partial charge in [-0.1, -0.05) is 0 Å². The topological polar surface area (TPSA) is 106 Å². The van der Waals surface area contributed by atoms with Gasteiger partial charge in [-0.2, -0.15) is 20.1 Å². The van der Waals surface area contributed by atoms with Gasteiger partial charge in [0.25, 0.3) is 5.95 Å². The molecule has 4 rings (SSSR count). The highest BCUT2D eigenvalue weighted by atomic mass is 16.3. The number of hydrogen-bond donors (Lipinski definition) is 2. The molecule has 3 N–H and O–H groups in total. The van der Waals surface area contributed by atoms with Crippen LogP contribution in [0.3, 0.4) is 0 Å². The van der Waals surface area contributed by atoms with Gasteiger partial charge < -0.3 is 15.7 Å². The smallest absolute Gasteiger partial charge is 0.257 e. The summed E-state index contributed by atoms with van der Waals surface area (Å²) >= 11 is 0. The first-order valence-corrected chi connectivity index (χ1v) is 7.15. The van der Waals surface area contributed by atoms with E-state index >= 15 is 0 Å². The fourth-order valence-electron chi connectivity index (χ4n) is 3.40. The molecule has 2 aliphatic rings. The molecule has 2 fully saturated rings. The van der Waals surface area contributed by atoms with Crippen LogP contribution in [-0.4, -0.2) is 49.0 Å². The second kappa shape index (κ2) is 4.66. The Kier molecular flexibility index (Phi) is 2.78. The summed E-state index contributed by atoms with van der Waals surface area (Å²) in [7, 11) is 0. The van der Waals surface area contributed by atoms with Crippen molar-refractivity contribution in [3.63, 3.8) is 0 Å². The van der Waals surface area contributed by atoms with Gasteiger partial charge in [-0.25, -0.2) is 4.68 Å². The van der Waals surface area contributed by atoms with Crippen molar-refractivity contribution in [2.45, 2.75) is 18.9 Å². The summed E-state index contributed by atoms with van der Waals surface area (Å²) in [5.74, 6) is 2.00. The number of fused-ring (bicyclic) bond motifs is 1. The number of aliphatic hydroxyl groups is 1. The van der Waals surface area contributed by atoms with Crippen LogP contribution in [0.2, 0.25) is 0 Å². The molecule has 3 unspecified atom stereocenters. The van der Waals surface area contributed by atoms with Crippen molar-refractivity contribution >= 4 is 11.9 Å². The monoisotopic (exact) mass is 287 g/mol. The lowest BCUT2D eigenvalue weighted by Crippen LogP contribution is -2.27. The van der Waals surface area contributed by atoms with Crippen LogP contribution < -0.4 is 10.6 Å². The fourth-order valence-corrected chi connectivity index (χ4v) is 3.40. The maximum absolute atomic E-state index is 10.0. The average Bonchev–Trinajstić information content (AvgIpc) is 3.17. The summed E-state index contributed by atoms with van der Waals surface area (Å²) in [5, 5.41) is 14.1. The van der Waals surface area contributed by atoms with Gasteiger partial charge >= 0.3 is 0 Å². The number of aromatic nitrogens is 5. The highest BCUT2D eigenvalue weighted by Crippen LogP contribution is 2.39. The molecule has 1 aliphatic heterocycles. The van der Waals surface area contributed by atoms with E-state index in [2.05, 4.69) is 25.0 Å². The van der Waals surface area contributed by atoms with E-state index in [0.29, 0.717) is 23.7 Å². The minimum atomic E-state index is -0.204. The van der Waals surface area contributed by atoms with Crippen molar-refractivity contribution in [1.82, 2.24) is 24.7 Å². The third kappa shape index (κ3) is 2.11. The molecule has 110 valence electrons. The molecule has 0 bridgehead atoms. The van der Waals surface area contributed by atoms with Crippen molar-refractivity contribution in [3.05, 3.63) is 18.5 Å². The van der Waals surface area contributed by atoms with E-state index in [4.69, 9.17) is 5.73 Å². The van der Waals surface area contributed by atoms with Crippen LogP contribution in [0.1, 0.15) is 12.8 Å². The van der Waals surface area contributed by atoms with E-state index in [1.54, 1.807) is 23.1 Å². The van der Waals surface area contributed by atoms with Gasteiger partial charge in [-0.05, 0) is 24.8 Å². The summed E-state index contributed by atoms with van der Waals surface area (Å²) < 4.78 is 1.56. The lowest BCUT2D eigenvalue weighted by atomic mass is 10.00. The molecule has 2 aromatic rings. The fraction of sp³-hybridized carbons (Fsp3) is 0.538. The van der Waals surface area contributed by atoms with Gasteiger partial charge in [-0.15, -0.1) is 0 Å². The van der Waals surface area contributed by atoms with E-state index in [0.717, 1.165) is 25.9 Å². The zero-order valence-electron chi connectivity index (χ0n) is 11.5. The molecule has 0 aromatic carbocycles. The van der Waals surface area contributed by atoms with E-state index in [9.17, 15) is 5.11 Å². The molecule has 8 nitrogen and oxygen atoms in total. The molecule has 1 saturated heterocycles. The number of aliphatic hydroxyl groups excluding tert-OH is 1. The van der Waals surface area contributed by atoms with E-state index in [1.165, 1.54) is 0 Å². The van der Waals surface area contributed by atoms with Gasteiger partial charge in [0.2, 0.25) is 11.9 Å². The molecule has 0 spiro atoms. The Morgan fingerprint density at radius 1 is 1.14 bits per heavy atom. The summed E-state index contributed by atoms with van der Waals surface area (Å²) in [6.45, 7) is 1.64. The van der Waals surface area contributed by atoms with E-state index < -0.39 is 0 Å². The summed E-state index contributed by atoms with van der Waals surface area (Å²) in [5.41, 5.74) is 5.80. The van der Waals surface area contributed by atoms with Crippen molar-refractivity contribution in [2.75, 3.05) is 23.7 Å². The first kappa shape index (κ1) is 12.5. The third-order valence-electron chi connectivity index (χ3n) is 4.44. The highest BCUT2D eigenvalue weighted by molar-refractivity contribution is 5.39. The van der Waals surface area contributed by atoms with Crippen LogP contribution in [-0.2, 0) is 0 Å². The maximum atomic E-state index is 10.0. The van der Waals surface area contributed by atoms with Gasteiger partial charge in [0.15, 0.2) is 0 Å². The Balaban J connectivity index is 1.64. The molecule has 3 heterocycles. The molecule has 0 radical (unpaired) electrons. The van der Waals surface area contributed by atoms with Gasteiger partial charge in [0, 0.05) is 31.4 Å². The Labute approximate surface area is 121 Å². The van der Waals surface area contributed by atoms with Gasteiger partial charge in [0.1, 0.15) is 0 Å². The van der Waals surface area contributed by atoms with Crippen molar-refractivity contribution in [1.29, 1.82) is 0 Å². The molecular weight excluding hydrogens is 270 g/mol. The second-order valence-electron chi connectivity index (χ2n) is 5.72. The molecule has 0 amide bonds. The predicted molar refractivity (Wildman–Crippen MR) is 75.8 cm³/mol. The summed E-state index contributed by atoms with van der Waals surface area (Å²) in [4.78, 5) is 14.9. The van der Waals surface area contributed by atoms with Crippen molar-refractivity contribution < 1.29 is 5.11 Å². The maximum Gasteiger partial charge on any atom is 0.257 e. The van der Waals surface area contributed by atoms with Crippen LogP contribution in [0, 0.1) is 11.8 Å². The third-order valence-corrected chi connectivity index (χ3v) is 4.44. The number of nitrogen functional groups attached to an aromatic ring is 1. The van der Waals surface area contributed by atoms with Crippen LogP contribution in [0.15, 0.2) is 18.5 Å². The van der Waals surface area contributed by atoms with Gasteiger partial charge in [0.05, 0.1) is 6.10 Å². The van der Waals surface area contributed by atoms with E-state index in [-0.39, 0.29) is 12.1 Å². The highest BCUT2D eigenvalue weighted by Gasteiger charge is 2.42. The first-order chi connectivity index (χ1) is 10.2. The normalized spacial score (nSPS) is 28.0. The van der Waals surface area contributed by atoms with Crippen LogP contribution in [0.5, 0.6) is 0 Å². The second-order valence-corrected chi connectivity index (χ2v) is 5.72. The molecule has 1 saturated carbocycles. The Morgan fingerprint density at radius 2 is 2.00 bits per heavy atom. The van der Waals surface area contributed by atoms with Crippen molar-refractivity contribution in [2.24, 2.45) is 11.8 Å². The molecule has 3 atom stereocenters. The minimum Gasteiger partial charge on any atom is -0.393 e. The number of hydrogen-bond acceptors (Lipinski definition) is 7. The number of nitrogens with two attached hydrogens (primary N) is 1. The Morgan fingerprint density at radius 3 is 2.76 bits per heavy atom. The molecule has 8 heteroatoms. The molecule has 1 aliphatic carbocycles. The average molecular weight is 287 g/mol. The zero-order valence-corrected chi connectivity index (χ0v) is 11.5. The molecular formula is C13H17N7O. The number of rotatable bonds is 2. The van der Waals surface area contributed by atoms with Crippen LogP contribution in [0.25, 0.3) is 5.95 Å². The van der Waals surface area contributed by atoms with Gasteiger partial charge in [-0.3, -0.25) is 0 Å². The summed E-state index contributed by atoms with van der Waals surface area (Å²) in [6, 6.07) is 1.80. The number of anilines is 2. The summed E-state index contributed by atoms with van der Waals surface area (Å²) in [6.07, 6.45) is 5.19. The Bertz CT molecular complexity index is 644. The van der Waals surface area contributed by atoms with E-state index in [1.807, 2.05) is 0 Å². The predicted octanol–water partition coefficient (Wildman–Crippen LogP) is -0.153. The number of nitrogens with zero attached hydrogens (tertiary/aromatic N) is 6. The lowest BCUT2D eigenvalue weighted by Gasteiger charge is -2.18. The van der Waals surface area contributed by atoms with Crippen LogP contribution >= 0.6 is 0 Å². The standard InChI is InChI=1S/C13H17N7O/c14-11-16-12(18-13(17-11)20-5-1-4-15-20)19-6-8-2-3-10(21)9(8)7-19/h1,4-5,8-10,21H,2-3,6-7H2,(H2,14,16,17,18). The quantitative estimate of drug-likeness (QED) is 0.791.